The first-order chi connectivity index (χ1) is 13.3. The molecule has 1 atom stereocenters. The van der Waals surface area contributed by atoms with Crippen molar-refractivity contribution in [2.45, 2.75) is 24.4 Å². The molecular weight excluding hydrogens is 386 g/mol. The monoisotopic (exact) mass is 409 g/mol. The Hall–Kier alpha value is -2.69. The molecule has 0 spiro atoms. The molecule has 0 aromatic heterocycles. The molecule has 2 aromatic carbocycles. The summed E-state index contributed by atoms with van der Waals surface area (Å²) in [6.45, 7) is 2.10. The van der Waals surface area contributed by atoms with Crippen LogP contribution in [0.4, 0.5) is 11.4 Å². The van der Waals surface area contributed by atoms with E-state index in [4.69, 9.17) is 9.47 Å². The first kappa shape index (κ1) is 21.6. The van der Waals surface area contributed by atoms with Gasteiger partial charge >= 0.3 is 0 Å². The predicted octanol–water partition coefficient (Wildman–Crippen LogP) is 2.53. The number of nitrogens with zero attached hydrogens (tertiary/aromatic N) is 1. The van der Waals surface area contributed by atoms with Crippen LogP contribution in [0.15, 0.2) is 47.4 Å². The molecular formula is C18H23N3O6S. The Morgan fingerprint density at radius 1 is 1.18 bits per heavy atom. The van der Waals surface area contributed by atoms with Crippen molar-refractivity contribution in [1.29, 1.82) is 0 Å². The van der Waals surface area contributed by atoms with E-state index in [1.807, 2.05) is 18.2 Å². The lowest BCUT2D eigenvalue weighted by molar-refractivity contribution is -0.384. The Balaban J connectivity index is 2.26. The highest BCUT2D eigenvalue weighted by molar-refractivity contribution is 7.89. The van der Waals surface area contributed by atoms with Gasteiger partial charge in [0.05, 0.1) is 23.5 Å². The molecule has 2 N–H and O–H groups in total. The van der Waals surface area contributed by atoms with Crippen LogP contribution in [0, 0.1) is 10.1 Å². The van der Waals surface area contributed by atoms with Gasteiger partial charge in [-0.15, -0.1) is 0 Å². The molecule has 0 unspecified atom stereocenters. The van der Waals surface area contributed by atoms with E-state index in [2.05, 4.69) is 10.0 Å². The second-order valence-corrected chi connectivity index (χ2v) is 7.79. The molecule has 0 heterocycles. The zero-order valence-corrected chi connectivity index (χ0v) is 16.7. The second-order valence-electron chi connectivity index (χ2n) is 6.08. The van der Waals surface area contributed by atoms with E-state index in [0.29, 0.717) is 5.75 Å². The molecule has 0 amide bonds. The van der Waals surface area contributed by atoms with Crippen LogP contribution in [0.3, 0.4) is 0 Å². The number of hydrogen-bond donors (Lipinski definition) is 2. The van der Waals surface area contributed by atoms with Crippen LogP contribution in [-0.4, -0.2) is 40.2 Å². The van der Waals surface area contributed by atoms with Gasteiger partial charge in [0.1, 0.15) is 11.4 Å². The SMILES string of the molecule is COC[C@H](C)NS(=O)(=O)c1ccc(NCc2ccccc2OC)c([N+](=O)[O-])c1. The highest BCUT2D eigenvalue weighted by Gasteiger charge is 2.23. The predicted molar refractivity (Wildman–Crippen MR) is 105 cm³/mol. The number of methoxy groups -OCH3 is 2. The topological polar surface area (TPSA) is 120 Å². The molecule has 0 radical (unpaired) electrons. The summed E-state index contributed by atoms with van der Waals surface area (Å²) in [7, 11) is -0.918. The smallest absolute Gasteiger partial charge is 0.293 e. The van der Waals surface area contributed by atoms with Crippen LogP contribution in [-0.2, 0) is 21.3 Å². The van der Waals surface area contributed by atoms with Gasteiger partial charge in [-0.2, -0.15) is 0 Å². The van der Waals surface area contributed by atoms with Crippen molar-refractivity contribution in [3.63, 3.8) is 0 Å². The molecule has 152 valence electrons. The molecule has 0 aliphatic heterocycles. The Morgan fingerprint density at radius 2 is 1.89 bits per heavy atom. The molecule has 2 rings (SSSR count). The Kier molecular flexibility index (Phi) is 7.32. The zero-order chi connectivity index (χ0) is 20.7. The van der Waals surface area contributed by atoms with Gasteiger partial charge in [0.2, 0.25) is 10.0 Å². The van der Waals surface area contributed by atoms with Crippen molar-refractivity contribution in [1.82, 2.24) is 4.72 Å². The average Bonchev–Trinajstić information content (AvgIpc) is 2.66. The van der Waals surface area contributed by atoms with E-state index in [0.717, 1.165) is 11.6 Å². The molecule has 0 bridgehead atoms. The first-order valence-electron chi connectivity index (χ1n) is 8.44. The number of nitrogens with one attached hydrogen (secondary N) is 2. The number of sulfonamides is 1. The van der Waals surface area contributed by atoms with Crippen LogP contribution < -0.4 is 14.8 Å². The number of para-hydroxylation sites is 1. The number of nitro benzene ring substituents is 1. The van der Waals surface area contributed by atoms with E-state index < -0.39 is 21.0 Å². The van der Waals surface area contributed by atoms with Gasteiger partial charge in [-0.25, -0.2) is 13.1 Å². The van der Waals surface area contributed by atoms with Gasteiger partial charge in [0.15, 0.2) is 0 Å². The van der Waals surface area contributed by atoms with Crippen molar-refractivity contribution < 1.29 is 22.8 Å². The van der Waals surface area contributed by atoms with Gasteiger partial charge in [0.25, 0.3) is 5.69 Å². The summed E-state index contributed by atoms with van der Waals surface area (Å²) in [4.78, 5) is 10.7. The third kappa shape index (κ3) is 5.41. The van der Waals surface area contributed by atoms with Gasteiger partial charge in [0, 0.05) is 31.3 Å². The van der Waals surface area contributed by atoms with Crippen molar-refractivity contribution in [2.75, 3.05) is 26.1 Å². The lowest BCUT2D eigenvalue weighted by Gasteiger charge is -2.14. The highest BCUT2D eigenvalue weighted by atomic mass is 32.2. The summed E-state index contributed by atoms with van der Waals surface area (Å²) in [5, 5.41) is 14.4. The largest absolute Gasteiger partial charge is 0.496 e. The fourth-order valence-electron chi connectivity index (χ4n) is 2.64. The molecule has 9 nitrogen and oxygen atoms in total. The summed E-state index contributed by atoms with van der Waals surface area (Å²) in [5.41, 5.74) is 0.683. The molecule has 10 heteroatoms. The Morgan fingerprint density at radius 3 is 2.54 bits per heavy atom. The standard InChI is InChI=1S/C18H23N3O6S/c1-13(12-26-2)20-28(24,25)15-8-9-16(17(10-15)21(22)23)19-11-14-6-4-5-7-18(14)27-3/h4-10,13,19-20H,11-12H2,1-3H3/t13-/m0/s1. The van der Waals surface area contributed by atoms with E-state index >= 15 is 0 Å². The van der Waals surface area contributed by atoms with Crippen LogP contribution >= 0.6 is 0 Å². The summed E-state index contributed by atoms with van der Waals surface area (Å²) >= 11 is 0. The molecule has 0 fully saturated rings. The minimum atomic E-state index is -3.91. The number of rotatable bonds is 10. The lowest BCUT2D eigenvalue weighted by Crippen LogP contribution is -2.35. The number of ether oxygens (including phenoxy) is 2. The maximum atomic E-state index is 12.4. The van der Waals surface area contributed by atoms with Crippen LogP contribution in [0.2, 0.25) is 0 Å². The molecule has 2 aromatic rings. The zero-order valence-electron chi connectivity index (χ0n) is 15.8. The normalized spacial score (nSPS) is 12.4. The van der Waals surface area contributed by atoms with Crippen molar-refractivity contribution in [3.8, 4) is 5.75 Å². The summed E-state index contributed by atoms with van der Waals surface area (Å²) in [6, 6.07) is 10.5. The molecule has 0 aliphatic rings. The van der Waals surface area contributed by atoms with Gasteiger partial charge in [-0.05, 0) is 25.1 Å². The van der Waals surface area contributed by atoms with Crippen molar-refractivity contribution >= 4 is 21.4 Å². The van der Waals surface area contributed by atoms with Crippen LogP contribution in [0.25, 0.3) is 0 Å². The van der Waals surface area contributed by atoms with Gasteiger partial charge in [-0.1, -0.05) is 18.2 Å². The third-order valence-electron chi connectivity index (χ3n) is 3.91. The summed E-state index contributed by atoms with van der Waals surface area (Å²) in [6.07, 6.45) is 0. The summed E-state index contributed by atoms with van der Waals surface area (Å²) in [5.74, 6) is 0.646. The van der Waals surface area contributed by atoms with E-state index in [-0.39, 0.29) is 29.4 Å². The molecule has 0 aliphatic carbocycles. The maximum Gasteiger partial charge on any atom is 0.293 e. The van der Waals surface area contributed by atoms with Crippen LogP contribution in [0.1, 0.15) is 12.5 Å². The van der Waals surface area contributed by atoms with Crippen molar-refractivity contribution in [3.05, 3.63) is 58.1 Å². The molecule has 0 saturated carbocycles. The number of benzene rings is 2. The fraction of sp³-hybridized carbons (Fsp3) is 0.333. The lowest BCUT2D eigenvalue weighted by atomic mass is 10.2. The summed E-state index contributed by atoms with van der Waals surface area (Å²) < 4.78 is 37.5. The van der Waals surface area contributed by atoms with Crippen LogP contribution in [0.5, 0.6) is 5.75 Å². The number of hydrogen-bond acceptors (Lipinski definition) is 7. The van der Waals surface area contributed by atoms with Gasteiger partial charge < -0.3 is 14.8 Å². The van der Waals surface area contributed by atoms with Gasteiger partial charge in [-0.3, -0.25) is 10.1 Å². The molecule has 28 heavy (non-hydrogen) atoms. The molecule has 0 saturated heterocycles. The minimum absolute atomic E-state index is 0.180. The third-order valence-corrected chi connectivity index (χ3v) is 5.50. The number of nitro groups is 1. The van der Waals surface area contributed by atoms with Crippen molar-refractivity contribution in [2.24, 2.45) is 0 Å². The maximum absolute atomic E-state index is 12.4. The fourth-order valence-corrected chi connectivity index (χ4v) is 3.88. The first-order valence-corrected chi connectivity index (χ1v) is 9.92. The highest BCUT2D eigenvalue weighted by Crippen LogP contribution is 2.29. The van der Waals surface area contributed by atoms with E-state index in [1.165, 1.54) is 19.2 Å². The van der Waals surface area contributed by atoms with E-state index in [1.54, 1.807) is 20.1 Å². The minimum Gasteiger partial charge on any atom is -0.496 e. The Bertz CT molecular complexity index is 933. The quantitative estimate of drug-likeness (QED) is 0.457. The average molecular weight is 409 g/mol. The Labute approximate surface area is 163 Å². The number of anilines is 1. The van der Waals surface area contributed by atoms with E-state index in [9.17, 15) is 18.5 Å². The second kappa shape index (κ2) is 9.49.